The molecule has 0 saturated heterocycles. The molecule has 0 atom stereocenters. The van der Waals surface area contributed by atoms with E-state index in [0.29, 0.717) is 17.4 Å². The largest absolute Gasteiger partial charge is 0.325 e. The van der Waals surface area contributed by atoms with Crippen LogP contribution in [-0.2, 0) is 24.2 Å². The normalized spacial score (nSPS) is 12.9. The molecule has 32 heavy (non-hydrogen) atoms. The summed E-state index contributed by atoms with van der Waals surface area (Å²) in [5.74, 6) is 0.558. The van der Waals surface area contributed by atoms with Crippen molar-refractivity contribution in [2.45, 2.75) is 37.4 Å². The molecule has 0 bridgehead atoms. The fourth-order valence-electron chi connectivity index (χ4n) is 3.63. The zero-order chi connectivity index (χ0) is 22.7. The molecule has 1 amide bonds. The lowest BCUT2D eigenvalue weighted by atomic mass is 9.95. The topological polar surface area (TPSA) is 103 Å². The Labute approximate surface area is 197 Å². The maximum absolute atomic E-state index is 12.4. The summed E-state index contributed by atoms with van der Waals surface area (Å²) >= 11 is 8.85. The second kappa shape index (κ2) is 9.85. The summed E-state index contributed by atoms with van der Waals surface area (Å²) in [5.41, 5.74) is 2.53. The van der Waals surface area contributed by atoms with Gasteiger partial charge in [0.15, 0.2) is 11.0 Å². The second-order valence-electron chi connectivity index (χ2n) is 7.22. The van der Waals surface area contributed by atoms with Crippen molar-refractivity contribution >= 4 is 52.0 Å². The van der Waals surface area contributed by atoms with E-state index in [1.807, 2.05) is 4.57 Å². The highest BCUT2D eigenvalue weighted by atomic mass is 35.5. The van der Waals surface area contributed by atoms with Crippen LogP contribution < -0.4 is 5.32 Å². The van der Waals surface area contributed by atoms with Crippen LogP contribution in [0, 0.1) is 10.1 Å². The van der Waals surface area contributed by atoms with Gasteiger partial charge in [-0.15, -0.1) is 28.1 Å². The molecule has 1 aliphatic rings. The van der Waals surface area contributed by atoms with Crippen LogP contribution >= 0.6 is 34.7 Å². The Kier molecular flexibility index (Phi) is 6.92. The van der Waals surface area contributed by atoms with Gasteiger partial charge in [0.2, 0.25) is 5.91 Å². The third-order valence-corrected chi connectivity index (χ3v) is 7.46. The molecule has 0 saturated carbocycles. The molecule has 1 aliphatic carbocycles. The number of rotatable bonds is 8. The predicted octanol–water partition coefficient (Wildman–Crippen LogP) is 5.36. The van der Waals surface area contributed by atoms with Crippen LogP contribution in [0.2, 0.25) is 5.02 Å². The predicted molar refractivity (Wildman–Crippen MR) is 128 cm³/mol. The molecule has 166 valence electrons. The number of nitro groups is 1. The van der Waals surface area contributed by atoms with Gasteiger partial charge < -0.3 is 5.32 Å². The third kappa shape index (κ3) is 4.72. The number of thioether (sulfide) groups is 1. The molecule has 0 aliphatic heterocycles. The molecule has 4 rings (SSSR count). The summed E-state index contributed by atoms with van der Waals surface area (Å²) in [5, 5.41) is 25.2. The Balaban J connectivity index is 1.49. The van der Waals surface area contributed by atoms with Crippen LogP contribution in [0.5, 0.6) is 0 Å². The summed E-state index contributed by atoms with van der Waals surface area (Å²) < 4.78 is 1.97. The first-order valence-electron chi connectivity index (χ1n) is 9.98. The van der Waals surface area contributed by atoms with E-state index < -0.39 is 4.92 Å². The van der Waals surface area contributed by atoms with Crippen LogP contribution in [0.4, 0.5) is 11.4 Å². The number of aromatic nitrogens is 3. The fraction of sp³-hybridized carbons (Fsp3) is 0.286. The van der Waals surface area contributed by atoms with E-state index in [0.717, 1.165) is 24.2 Å². The van der Waals surface area contributed by atoms with Crippen molar-refractivity contribution in [1.29, 1.82) is 0 Å². The number of fused-ring (bicyclic) bond motifs is 1. The number of nitrogens with zero attached hydrogens (tertiary/aromatic N) is 4. The van der Waals surface area contributed by atoms with Crippen LogP contribution in [0.15, 0.2) is 41.4 Å². The van der Waals surface area contributed by atoms with Crippen molar-refractivity contribution in [2.24, 2.45) is 0 Å². The van der Waals surface area contributed by atoms with Crippen LogP contribution in [0.3, 0.4) is 0 Å². The van der Waals surface area contributed by atoms with Gasteiger partial charge in [-0.05, 0) is 43.4 Å². The molecule has 11 heteroatoms. The highest BCUT2D eigenvalue weighted by Crippen LogP contribution is 2.37. The minimum Gasteiger partial charge on any atom is -0.325 e. The van der Waals surface area contributed by atoms with Gasteiger partial charge in [-0.25, -0.2) is 0 Å². The Morgan fingerprint density at radius 3 is 2.97 bits per heavy atom. The van der Waals surface area contributed by atoms with Crippen LogP contribution in [-0.4, -0.2) is 31.3 Å². The first kappa shape index (κ1) is 22.5. The molecule has 3 aromatic rings. The van der Waals surface area contributed by atoms with Gasteiger partial charge in [-0.1, -0.05) is 29.4 Å². The molecule has 0 radical (unpaired) electrons. The number of nitrogens with one attached hydrogen (secondary N) is 1. The first-order valence-corrected chi connectivity index (χ1v) is 12.2. The number of anilines is 1. The van der Waals surface area contributed by atoms with Gasteiger partial charge in [0.1, 0.15) is 5.02 Å². The van der Waals surface area contributed by atoms with Crippen LogP contribution in [0.25, 0.3) is 11.4 Å². The molecule has 0 unspecified atom stereocenters. The van der Waals surface area contributed by atoms with Crippen molar-refractivity contribution in [1.82, 2.24) is 14.8 Å². The summed E-state index contributed by atoms with van der Waals surface area (Å²) in [6.07, 6.45) is 6.34. The van der Waals surface area contributed by atoms with Gasteiger partial charge in [-0.2, -0.15) is 0 Å². The number of benzene rings is 1. The highest BCUT2D eigenvalue weighted by Gasteiger charge is 2.22. The molecular formula is C21H20ClN5O3S2. The number of carbonyl (C=O) groups is 1. The van der Waals surface area contributed by atoms with E-state index >= 15 is 0 Å². The minimum atomic E-state index is -0.588. The average molecular weight is 490 g/mol. The average Bonchev–Trinajstić information content (AvgIpc) is 3.37. The van der Waals surface area contributed by atoms with Crippen molar-refractivity contribution in [3.05, 3.63) is 61.8 Å². The summed E-state index contributed by atoms with van der Waals surface area (Å²) in [6, 6.07) is 4.15. The zero-order valence-corrected chi connectivity index (χ0v) is 19.4. The monoisotopic (exact) mass is 489 g/mol. The number of hydrogen-bond donors (Lipinski definition) is 1. The van der Waals surface area contributed by atoms with Gasteiger partial charge >= 0.3 is 0 Å². The third-order valence-electron chi connectivity index (χ3n) is 5.09. The number of hydrogen-bond acceptors (Lipinski definition) is 7. The molecule has 1 aromatic carbocycles. The van der Waals surface area contributed by atoms with E-state index in [-0.39, 0.29) is 22.4 Å². The smallest absolute Gasteiger partial charge is 0.289 e. The number of carbonyl (C=O) groups excluding carboxylic acids is 1. The van der Waals surface area contributed by atoms with E-state index in [1.54, 1.807) is 17.4 Å². The van der Waals surface area contributed by atoms with Crippen molar-refractivity contribution < 1.29 is 9.72 Å². The van der Waals surface area contributed by atoms with Crippen LogP contribution in [0.1, 0.15) is 23.3 Å². The molecule has 8 nitrogen and oxygen atoms in total. The van der Waals surface area contributed by atoms with Crippen molar-refractivity contribution in [3.63, 3.8) is 0 Å². The number of allylic oxidation sites excluding steroid dienone is 1. The van der Waals surface area contributed by atoms with Crippen molar-refractivity contribution in [3.8, 4) is 11.4 Å². The molecule has 1 N–H and O–H groups in total. The van der Waals surface area contributed by atoms with E-state index in [4.69, 9.17) is 11.6 Å². The maximum Gasteiger partial charge on any atom is 0.289 e. The van der Waals surface area contributed by atoms with E-state index in [1.165, 1.54) is 53.2 Å². The lowest BCUT2D eigenvalue weighted by Gasteiger charge is -2.13. The van der Waals surface area contributed by atoms with Gasteiger partial charge in [0.05, 0.1) is 10.7 Å². The summed E-state index contributed by atoms with van der Waals surface area (Å²) in [4.78, 5) is 24.3. The summed E-state index contributed by atoms with van der Waals surface area (Å²) in [6.45, 7) is 4.37. The lowest BCUT2D eigenvalue weighted by Crippen LogP contribution is -2.15. The van der Waals surface area contributed by atoms with Crippen molar-refractivity contribution in [2.75, 3.05) is 11.1 Å². The maximum atomic E-state index is 12.4. The van der Waals surface area contributed by atoms with Gasteiger partial charge in [0.25, 0.3) is 5.69 Å². The molecule has 0 spiro atoms. The van der Waals surface area contributed by atoms with Gasteiger partial charge in [0, 0.05) is 34.1 Å². The quantitative estimate of drug-likeness (QED) is 0.197. The van der Waals surface area contributed by atoms with Gasteiger partial charge in [-0.3, -0.25) is 19.5 Å². The number of nitro benzene ring substituents is 1. The molecule has 2 aromatic heterocycles. The second-order valence-corrected chi connectivity index (χ2v) is 9.54. The number of halogens is 1. The molecule has 2 heterocycles. The Hall–Kier alpha value is -2.69. The molecular weight excluding hydrogens is 470 g/mol. The Morgan fingerprint density at radius 2 is 2.19 bits per heavy atom. The molecule has 0 fully saturated rings. The Morgan fingerprint density at radius 1 is 1.38 bits per heavy atom. The number of amides is 1. The zero-order valence-electron chi connectivity index (χ0n) is 17.0. The van der Waals surface area contributed by atoms with E-state index in [9.17, 15) is 14.9 Å². The lowest BCUT2D eigenvalue weighted by molar-refractivity contribution is -0.384. The summed E-state index contributed by atoms with van der Waals surface area (Å²) in [7, 11) is 0. The standard InChI is InChI=1S/C21H20ClN5O3S2/c1-2-9-26-20(15-11-31-18-6-4-3-5-14(15)18)24-25-21(26)32-12-19(28)23-13-7-8-16(22)17(10-13)27(29)30/h2,7-8,10-11H,1,3-6,9,12H2,(H,23,28). The highest BCUT2D eigenvalue weighted by molar-refractivity contribution is 7.99. The number of aryl methyl sites for hydroxylation is 1. The number of thiophene rings is 1. The first-order chi connectivity index (χ1) is 15.5. The fourth-order valence-corrected chi connectivity index (χ4v) is 5.69. The SMILES string of the molecule is C=CCn1c(SCC(=O)Nc2ccc(Cl)c([N+](=O)[O-])c2)nnc1-c1csc2c1CCCC2. The van der Waals surface area contributed by atoms with E-state index in [2.05, 4.69) is 27.5 Å². The minimum absolute atomic E-state index is 0.0167. The Bertz CT molecular complexity index is 1190.